The molecule has 0 aromatic heterocycles. The number of hydrogen-bond acceptors (Lipinski definition) is 2. The highest BCUT2D eigenvalue weighted by atomic mass is 16.1. The largest absolute Gasteiger partial charge is 0.366 e. The molecular formula is C19H22N4O. The molecule has 0 saturated carbocycles. The van der Waals surface area contributed by atoms with E-state index in [-0.39, 0.29) is 0 Å². The van der Waals surface area contributed by atoms with Gasteiger partial charge in [-0.3, -0.25) is 9.79 Å². The Balaban J connectivity index is 1.66. The summed E-state index contributed by atoms with van der Waals surface area (Å²) in [6, 6.07) is 15.9. The first-order valence-electron chi connectivity index (χ1n) is 8.08. The first kappa shape index (κ1) is 16.1. The molecule has 3 N–H and O–H groups in total. The Morgan fingerprint density at radius 2 is 2.00 bits per heavy atom. The molecule has 0 unspecified atom stereocenters. The molecule has 1 heterocycles. The number of carbonyl (C=O) groups is 1. The average Bonchev–Trinajstić information content (AvgIpc) is 2.62. The molecule has 1 amide bonds. The Hall–Kier alpha value is -2.82. The number of rotatable bonds is 3. The summed E-state index contributed by atoms with van der Waals surface area (Å²) in [5.74, 6) is 0.461. The number of nitrogens with zero attached hydrogens (tertiary/aromatic N) is 2. The van der Waals surface area contributed by atoms with Crippen LogP contribution in [-0.4, -0.2) is 30.4 Å². The zero-order valence-corrected chi connectivity index (χ0v) is 13.8. The van der Waals surface area contributed by atoms with Crippen molar-refractivity contribution in [1.82, 2.24) is 10.2 Å². The fourth-order valence-electron chi connectivity index (χ4n) is 3.02. The Morgan fingerprint density at radius 1 is 1.21 bits per heavy atom. The molecule has 0 bridgehead atoms. The predicted octanol–water partition coefficient (Wildman–Crippen LogP) is 1.92. The van der Waals surface area contributed by atoms with E-state index >= 15 is 0 Å². The van der Waals surface area contributed by atoms with Crippen molar-refractivity contribution in [3.05, 3.63) is 70.8 Å². The highest BCUT2D eigenvalue weighted by Gasteiger charge is 2.18. The molecule has 0 fully saturated rings. The van der Waals surface area contributed by atoms with Gasteiger partial charge in [-0.05, 0) is 35.2 Å². The number of primary amides is 1. The fourth-order valence-corrected chi connectivity index (χ4v) is 3.02. The van der Waals surface area contributed by atoms with Gasteiger partial charge in [-0.15, -0.1) is 0 Å². The second kappa shape index (κ2) is 7.17. The molecule has 1 aliphatic heterocycles. The molecule has 0 spiro atoms. The van der Waals surface area contributed by atoms with Crippen molar-refractivity contribution in [2.75, 3.05) is 13.6 Å². The van der Waals surface area contributed by atoms with Gasteiger partial charge < -0.3 is 16.0 Å². The van der Waals surface area contributed by atoms with Gasteiger partial charge in [-0.25, -0.2) is 0 Å². The van der Waals surface area contributed by atoms with Crippen LogP contribution in [0.1, 0.15) is 27.0 Å². The number of hydrogen-bond donors (Lipinski definition) is 2. The Bertz CT molecular complexity index is 769. The molecule has 0 saturated heterocycles. The van der Waals surface area contributed by atoms with E-state index < -0.39 is 5.91 Å². The molecule has 24 heavy (non-hydrogen) atoms. The molecule has 5 nitrogen and oxygen atoms in total. The van der Waals surface area contributed by atoms with E-state index in [1.807, 2.05) is 18.2 Å². The summed E-state index contributed by atoms with van der Waals surface area (Å²) in [4.78, 5) is 17.9. The Labute approximate surface area is 142 Å². The maximum Gasteiger partial charge on any atom is 0.248 e. The molecular weight excluding hydrogens is 300 g/mol. The maximum atomic E-state index is 11.3. The van der Waals surface area contributed by atoms with E-state index in [1.165, 1.54) is 11.1 Å². The van der Waals surface area contributed by atoms with Crippen molar-refractivity contribution in [3.63, 3.8) is 0 Å². The number of nitrogens with one attached hydrogen (secondary N) is 1. The lowest BCUT2D eigenvalue weighted by atomic mass is 10.0. The van der Waals surface area contributed by atoms with E-state index in [0.29, 0.717) is 12.1 Å². The molecule has 0 radical (unpaired) electrons. The van der Waals surface area contributed by atoms with E-state index in [4.69, 9.17) is 5.73 Å². The summed E-state index contributed by atoms with van der Waals surface area (Å²) in [6.07, 6.45) is 1.02. The van der Waals surface area contributed by atoms with E-state index in [0.717, 1.165) is 31.0 Å². The van der Waals surface area contributed by atoms with Crippen LogP contribution >= 0.6 is 0 Å². The van der Waals surface area contributed by atoms with Crippen molar-refractivity contribution >= 4 is 11.9 Å². The van der Waals surface area contributed by atoms with Crippen LogP contribution in [0.4, 0.5) is 0 Å². The number of aliphatic imine (C=N–C) groups is 1. The van der Waals surface area contributed by atoms with Crippen LogP contribution in [0.5, 0.6) is 0 Å². The van der Waals surface area contributed by atoms with E-state index in [9.17, 15) is 4.79 Å². The molecule has 124 valence electrons. The van der Waals surface area contributed by atoms with Gasteiger partial charge in [0.15, 0.2) is 5.96 Å². The number of nitrogens with two attached hydrogens (primary N) is 1. The zero-order chi connectivity index (χ0) is 16.9. The summed E-state index contributed by atoms with van der Waals surface area (Å²) >= 11 is 0. The molecule has 5 heteroatoms. The highest BCUT2D eigenvalue weighted by molar-refractivity contribution is 5.92. The normalized spacial score (nSPS) is 14.2. The first-order valence-corrected chi connectivity index (χ1v) is 8.08. The quantitative estimate of drug-likeness (QED) is 0.670. The van der Waals surface area contributed by atoms with Crippen molar-refractivity contribution in [2.24, 2.45) is 10.7 Å². The molecule has 0 aliphatic carbocycles. The van der Waals surface area contributed by atoms with Crippen LogP contribution in [0.15, 0.2) is 53.5 Å². The lowest BCUT2D eigenvalue weighted by Crippen LogP contribution is -2.43. The summed E-state index contributed by atoms with van der Waals surface area (Å²) in [5.41, 5.74) is 9.63. The second-order valence-corrected chi connectivity index (χ2v) is 5.91. The minimum Gasteiger partial charge on any atom is -0.366 e. The minimum atomic E-state index is -0.408. The third kappa shape index (κ3) is 3.56. The van der Waals surface area contributed by atoms with Gasteiger partial charge in [0.2, 0.25) is 5.91 Å². The lowest BCUT2D eigenvalue weighted by Gasteiger charge is -2.31. The van der Waals surface area contributed by atoms with Crippen LogP contribution in [0.3, 0.4) is 0 Å². The number of benzene rings is 2. The summed E-state index contributed by atoms with van der Waals surface area (Å²) < 4.78 is 0. The smallest absolute Gasteiger partial charge is 0.248 e. The fraction of sp³-hybridized carbons (Fsp3) is 0.263. The second-order valence-electron chi connectivity index (χ2n) is 5.91. The summed E-state index contributed by atoms with van der Waals surface area (Å²) in [5, 5.41) is 3.38. The number of guanidine groups is 1. The van der Waals surface area contributed by atoms with Gasteiger partial charge in [0.1, 0.15) is 0 Å². The Kier molecular flexibility index (Phi) is 4.79. The maximum absolute atomic E-state index is 11.3. The zero-order valence-electron chi connectivity index (χ0n) is 13.8. The predicted molar refractivity (Wildman–Crippen MR) is 95.7 cm³/mol. The molecule has 0 atom stereocenters. The van der Waals surface area contributed by atoms with E-state index in [2.05, 4.69) is 39.5 Å². The van der Waals surface area contributed by atoms with Crippen molar-refractivity contribution in [2.45, 2.75) is 19.5 Å². The number of carbonyl (C=O) groups excluding carboxylic acids is 1. The van der Waals surface area contributed by atoms with Crippen LogP contribution in [0, 0.1) is 0 Å². The third-order valence-electron chi connectivity index (χ3n) is 4.30. The molecule has 3 rings (SSSR count). The van der Waals surface area contributed by atoms with Gasteiger partial charge in [-0.1, -0.05) is 36.4 Å². The van der Waals surface area contributed by atoms with Crippen LogP contribution < -0.4 is 11.1 Å². The average molecular weight is 322 g/mol. The number of fused-ring (bicyclic) bond motifs is 1. The summed E-state index contributed by atoms with van der Waals surface area (Å²) in [7, 11) is 1.79. The lowest BCUT2D eigenvalue weighted by molar-refractivity contribution is 0.1000. The monoisotopic (exact) mass is 322 g/mol. The SMILES string of the molecule is CN=C(NCc1cccc(C(N)=O)c1)N1CCc2ccccc2C1. The van der Waals surface area contributed by atoms with E-state index in [1.54, 1.807) is 13.1 Å². The van der Waals surface area contributed by atoms with Gasteiger partial charge in [0.25, 0.3) is 0 Å². The van der Waals surface area contributed by atoms with Crippen LogP contribution in [0.25, 0.3) is 0 Å². The van der Waals surface area contributed by atoms with Crippen molar-refractivity contribution in [1.29, 1.82) is 0 Å². The van der Waals surface area contributed by atoms with Crippen LogP contribution in [0.2, 0.25) is 0 Å². The Morgan fingerprint density at radius 3 is 2.75 bits per heavy atom. The van der Waals surface area contributed by atoms with Crippen molar-refractivity contribution < 1.29 is 4.79 Å². The standard InChI is InChI=1S/C19H22N4O/c1-21-19(22-12-14-5-4-8-16(11-14)18(20)24)23-10-9-15-6-2-3-7-17(15)13-23/h2-8,11H,9-10,12-13H2,1H3,(H2,20,24)(H,21,22). The highest BCUT2D eigenvalue weighted by Crippen LogP contribution is 2.18. The molecule has 2 aromatic carbocycles. The van der Waals surface area contributed by atoms with Crippen LogP contribution in [-0.2, 0) is 19.5 Å². The topological polar surface area (TPSA) is 70.7 Å². The van der Waals surface area contributed by atoms with Gasteiger partial charge in [-0.2, -0.15) is 0 Å². The third-order valence-corrected chi connectivity index (χ3v) is 4.30. The minimum absolute atomic E-state index is 0.408. The molecule has 2 aromatic rings. The number of amides is 1. The van der Waals surface area contributed by atoms with Gasteiger partial charge in [0, 0.05) is 32.2 Å². The van der Waals surface area contributed by atoms with Gasteiger partial charge >= 0.3 is 0 Å². The summed E-state index contributed by atoms with van der Waals surface area (Å²) in [6.45, 7) is 2.40. The van der Waals surface area contributed by atoms with Crippen molar-refractivity contribution in [3.8, 4) is 0 Å². The first-order chi connectivity index (χ1) is 11.7. The molecule has 1 aliphatic rings. The van der Waals surface area contributed by atoms with Gasteiger partial charge in [0.05, 0.1) is 0 Å².